The molecule has 25 heavy (non-hydrogen) atoms. The highest BCUT2D eigenvalue weighted by Crippen LogP contribution is 2.35. The molecule has 6 heteroatoms. The molecule has 0 fully saturated rings. The van der Waals surface area contributed by atoms with E-state index in [1.165, 1.54) is 0 Å². The van der Waals surface area contributed by atoms with Crippen molar-refractivity contribution in [3.63, 3.8) is 0 Å². The number of oxime groups is 1. The number of ether oxygens (including phenoxy) is 2. The number of carbonyl (C=O) groups is 1. The number of aliphatic carboxylic acids is 1. The van der Waals surface area contributed by atoms with E-state index in [4.69, 9.17) is 14.3 Å². The highest BCUT2D eigenvalue weighted by molar-refractivity contribution is 6.06. The summed E-state index contributed by atoms with van der Waals surface area (Å²) < 4.78 is 10.4. The number of methoxy groups -OCH3 is 2. The van der Waals surface area contributed by atoms with Gasteiger partial charge in [-0.3, -0.25) is 4.79 Å². The molecule has 0 radical (unpaired) electrons. The van der Waals surface area contributed by atoms with Gasteiger partial charge in [-0.25, -0.2) is 0 Å². The molecule has 1 aliphatic heterocycles. The fourth-order valence-corrected chi connectivity index (χ4v) is 2.92. The van der Waals surface area contributed by atoms with Crippen molar-refractivity contribution in [2.75, 3.05) is 14.2 Å². The van der Waals surface area contributed by atoms with Crippen LogP contribution in [0.2, 0.25) is 0 Å². The molecule has 2 aromatic rings. The number of carboxylic acid groups (broad SMARTS) is 1. The van der Waals surface area contributed by atoms with E-state index in [1.54, 1.807) is 14.2 Å². The van der Waals surface area contributed by atoms with Gasteiger partial charge in [0.1, 0.15) is 11.5 Å². The van der Waals surface area contributed by atoms with Gasteiger partial charge in [0.15, 0.2) is 6.10 Å². The predicted octanol–water partition coefficient (Wildman–Crippen LogP) is 3.07. The molecule has 0 aliphatic carbocycles. The van der Waals surface area contributed by atoms with Crippen LogP contribution in [0.4, 0.5) is 0 Å². The molecule has 2 atom stereocenters. The van der Waals surface area contributed by atoms with Crippen LogP contribution in [-0.2, 0) is 9.63 Å². The second-order valence-electron chi connectivity index (χ2n) is 5.70. The molecular weight excluding hydrogens is 322 g/mol. The normalized spacial score (nSPS) is 19.0. The zero-order valence-electron chi connectivity index (χ0n) is 14.0. The number of hydrogen-bond acceptors (Lipinski definition) is 5. The molecule has 0 spiro atoms. The lowest BCUT2D eigenvalue weighted by Crippen LogP contribution is -2.24. The van der Waals surface area contributed by atoms with Gasteiger partial charge in [-0.05, 0) is 42.0 Å². The Morgan fingerprint density at radius 1 is 1.04 bits per heavy atom. The Kier molecular flexibility index (Phi) is 4.88. The van der Waals surface area contributed by atoms with Crippen LogP contribution in [0.3, 0.4) is 0 Å². The fourth-order valence-electron chi connectivity index (χ4n) is 2.92. The van der Waals surface area contributed by atoms with Gasteiger partial charge in [-0.15, -0.1) is 0 Å². The number of nitrogens with zero attached hydrogens (tertiary/aromatic N) is 1. The third kappa shape index (κ3) is 3.57. The third-order valence-electron chi connectivity index (χ3n) is 4.19. The third-order valence-corrected chi connectivity index (χ3v) is 4.19. The van der Waals surface area contributed by atoms with E-state index in [1.807, 2.05) is 48.5 Å². The van der Waals surface area contributed by atoms with Crippen LogP contribution in [0.15, 0.2) is 53.7 Å². The van der Waals surface area contributed by atoms with Crippen LogP contribution >= 0.6 is 0 Å². The van der Waals surface area contributed by atoms with Gasteiger partial charge in [0.05, 0.1) is 32.3 Å². The summed E-state index contributed by atoms with van der Waals surface area (Å²) in [6.07, 6.45) is -0.678. The maximum absolute atomic E-state index is 11.2. The molecule has 0 saturated heterocycles. The quantitative estimate of drug-likeness (QED) is 0.874. The number of rotatable bonds is 6. The van der Waals surface area contributed by atoms with Gasteiger partial charge in [0.2, 0.25) is 0 Å². The van der Waals surface area contributed by atoms with Crippen molar-refractivity contribution in [2.24, 2.45) is 5.16 Å². The summed E-state index contributed by atoms with van der Waals surface area (Å²) in [5.74, 6) is 0.289. The average Bonchev–Trinajstić information content (AvgIpc) is 3.04. The summed E-state index contributed by atoms with van der Waals surface area (Å²) in [5.41, 5.74) is 2.51. The molecule has 2 aromatic carbocycles. The van der Waals surface area contributed by atoms with Gasteiger partial charge in [0, 0.05) is 5.56 Å². The summed E-state index contributed by atoms with van der Waals surface area (Å²) >= 11 is 0. The van der Waals surface area contributed by atoms with E-state index in [0.717, 1.165) is 22.6 Å². The molecule has 130 valence electrons. The Morgan fingerprint density at radius 2 is 1.60 bits per heavy atom. The molecule has 0 saturated carbocycles. The molecule has 1 N–H and O–H groups in total. The van der Waals surface area contributed by atoms with Crippen LogP contribution in [0.25, 0.3) is 0 Å². The fraction of sp³-hybridized carbons (Fsp3) is 0.263. The van der Waals surface area contributed by atoms with Gasteiger partial charge in [0.25, 0.3) is 0 Å². The molecule has 6 nitrogen and oxygen atoms in total. The van der Waals surface area contributed by atoms with Gasteiger partial charge in [-0.2, -0.15) is 0 Å². The lowest BCUT2D eigenvalue weighted by Gasteiger charge is -2.18. The monoisotopic (exact) mass is 341 g/mol. The topological polar surface area (TPSA) is 77.4 Å². The summed E-state index contributed by atoms with van der Waals surface area (Å²) in [6.45, 7) is 0. The Morgan fingerprint density at radius 3 is 2.12 bits per heavy atom. The zero-order chi connectivity index (χ0) is 17.8. The van der Waals surface area contributed by atoms with E-state index in [0.29, 0.717) is 5.71 Å². The Bertz CT molecular complexity index is 767. The summed E-state index contributed by atoms with van der Waals surface area (Å²) in [7, 11) is 3.21. The predicted molar refractivity (Wildman–Crippen MR) is 92.4 cm³/mol. The zero-order valence-corrected chi connectivity index (χ0v) is 14.0. The highest BCUT2D eigenvalue weighted by Gasteiger charge is 2.37. The van der Waals surface area contributed by atoms with E-state index < -0.39 is 12.1 Å². The van der Waals surface area contributed by atoms with E-state index >= 15 is 0 Å². The second kappa shape index (κ2) is 7.25. The van der Waals surface area contributed by atoms with Crippen molar-refractivity contribution >= 4 is 11.7 Å². The van der Waals surface area contributed by atoms with E-state index in [2.05, 4.69) is 5.16 Å². The standard InChI is InChI=1S/C19H19NO5/c1-23-14-7-3-12(4-8-14)18-16(11-17(21)22)25-20-19(18)13-5-9-15(24-2)10-6-13/h3-10,16,18H,11H2,1-2H3,(H,21,22). The maximum Gasteiger partial charge on any atom is 0.307 e. The first-order valence-corrected chi connectivity index (χ1v) is 7.86. The molecule has 1 heterocycles. The molecule has 2 unspecified atom stereocenters. The Balaban J connectivity index is 1.95. The molecule has 0 bridgehead atoms. The summed E-state index contributed by atoms with van der Waals surface area (Å²) in [5, 5.41) is 13.4. The first-order valence-electron chi connectivity index (χ1n) is 7.86. The first-order chi connectivity index (χ1) is 12.1. The lowest BCUT2D eigenvalue weighted by molar-refractivity contribution is -0.139. The minimum absolute atomic E-state index is 0.125. The van der Waals surface area contributed by atoms with Crippen molar-refractivity contribution in [3.05, 3.63) is 59.7 Å². The Labute approximate surface area is 145 Å². The largest absolute Gasteiger partial charge is 0.497 e. The molecule has 3 rings (SSSR count). The van der Waals surface area contributed by atoms with E-state index in [-0.39, 0.29) is 12.3 Å². The van der Waals surface area contributed by atoms with Crippen molar-refractivity contribution in [3.8, 4) is 11.5 Å². The van der Waals surface area contributed by atoms with Crippen LogP contribution in [0.1, 0.15) is 23.5 Å². The minimum atomic E-state index is -0.922. The number of carboxylic acids is 1. The van der Waals surface area contributed by atoms with Crippen molar-refractivity contribution < 1.29 is 24.2 Å². The molecule has 0 aromatic heterocycles. The van der Waals surface area contributed by atoms with Crippen LogP contribution in [0.5, 0.6) is 11.5 Å². The van der Waals surface area contributed by atoms with Crippen LogP contribution in [0, 0.1) is 0 Å². The Hall–Kier alpha value is -3.02. The summed E-state index contributed by atoms with van der Waals surface area (Å²) in [4.78, 5) is 16.6. The van der Waals surface area contributed by atoms with Crippen LogP contribution < -0.4 is 9.47 Å². The summed E-state index contributed by atoms with van der Waals surface area (Å²) in [6, 6.07) is 15.0. The van der Waals surface area contributed by atoms with Crippen molar-refractivity contribution in [1.29, 1.82) is 0 Å². The van der Waals surface area contributed by atoms with Crippen molar-refractivity contribution in [2.45, 2.75) is 18.4 Å². The average molecular weight is 341 g/mol. The number of benzene rings is 2. The SMILES string of the molecule is COc1ccc(C2=NOC(CC(=O)O)C2c2ccc(OC)cc2)cc1. The smallest absolute Gasteiger partial charge is 0.307 e. The lowest BCUT2D eigenvalue weighted by atomic mass is 9.85. The molecule has 0 amide bonds. The second-order valence-corrected chi connectivity index (χ2v) is 5.70. The van der Waals surface area contributed by atoms with Gasteiger partial charge in [-0.1, -0.05) is 17.3 Å². The molecular formula is C19H19NO5. The van der Waals surface area contributed by atoms with Crippen molar-refractivity contribution in [1.82, 2.24) is 0 Å². The first kappa shape index (κ1) is 16.8. The van der Waals surface area contributed by atoms with E-state index in [9.17, 15) is 9.90 Å². The number of hydrogen-bond donors (Lipinski definition) is 1. The minimum Gasteiger partial charge on any atom is -0.497 e. The van der Waals surface area contributed by atoms with Gasteiger partial charge >= 0.3 is 5.97 Å². The highest BCUT2D eigenvalue weighted by atomic mass is 16.6. The van der Waals surface area contributed by atoms with Crippen LogP contribution in [-0.4, -0.2) is 37.1 Å². The van der Waals surface area contributed by atoms with Gasteiger partial charge < -0.3 is 19.4 Å². The molecule has 1 aliphatic rings. The maximum atomic E-state index is 11.2.